The first-order valence-corrected chi connectivity index (χ1v) is 13.1. The zero-order valence-electron chi connectivity index (χ0n) is 21.4. The van der Waals surface area contributed by atoms with Gasteiger partial charge in [-0.05, 0) is 49.3 Å². The van der Waals surface area contributed by atoms with Crippen molar-refractivity contribution in [3.8, 4) is 0 Å². The lowest BCUT2D eigenvalue weighted by molar-refractivity contribution is -0.183. The minimum Gasteiger partial charge on any atom is -0.355 e. The molecule has 2 aliphatic rings. The number of amides is 2. The Bertz CT molecular complexity index is 1310. The topological polar surface area (TPSA) is 106 Å². The maximum Gasteiger partial charge on any atom is 0.393 e. The van der Waals surface area contributed by atoms with Crippen molar-refractivity contribution in [1.82, 2.24) is 35.0 Å². The summed E-state index contributed by atoms with van der Waals surface area (Å²) in [5.41, 5.74) is 2.20. The Morgan fingerprint density at radius 1 is 1.21 bits per heavy atom. The van der Waals surface area contributed by atoms with Gasteiger partial charge < -0.3 is 10.6 Å². The minimum absolute atomic E-state index is 0.100. The number of carbonyl (C=O) groups excluding carboxylic acids is 2. The van der Waals surface area contributed by atoms with Crippen molar-refractivity contribution in [2.24, 2.45) is 30.7 Å². The highest BCUT2D eigenvalue weighted by molar-refractivity contribution is 5.92. The Morgan fingerprint density at radius 2 is 1.97 bits per heavy atom. The molecule has 204 valence electrons. The van der Waals surface area contributed by atoms with Crippen molar-refractivity contribution >= 4 is 17.5 Å². The summed E-state index contributed by atoms with van der Waals surface area (Å²) in [6.07, 6.45) is 2.89. The maximum absolute atomic E-state index is 13.2. The van der Waals surface area contributed by atoms with Gasteiger partial charge >= 0.3 is 6.18 Å². The minimum atomic E-state index is -4.35. The van der Waals surface area contributed by atoms with Crippen LogP contribution in [-0.2, 0) is 18.3 Å². The third-order valence-corrected chi connectivity index (χ3v) is 7.97. The lowest BCUT2D eigenvalue weighted by atomic mass is 9.78. The Balaban J connectivity index is 1.38. The Labute approximate surface area is 218 Å². The number of fused-ring (bicyclic) bond motifs is 1. The summed E-state index contributed by atoms with van der Waals surface area (Å²) in [4.78, 5) is 30.1. The van der Waals surface area contributed by atoms with E-state index in [4.69, 9.17) is 4.98 Å². The monoisotopic (exact) mass is 531 g/mol. The number of aromatic nitrogens is 5. The SMILES string of the molecule is CC1CCC([C@H](NC(=O)c2ccnn2C)c2cn3nc(CC4C[C@@H](C(F)(F)F)CNC4=O)ccc3n2)CC1. The normalized spacial score (nSPS) is 25.2. The molecule has 2 fully saturated rings. The highest BCUT2D eigenvalue weighted by Gasteiger charge is 2.44. The number of nitrogens with one attached hydrogen (secondary N) is 2. The van der Waals surface area contributed by atoms with E-state index in [9.17, 15) is 22.8 Å². The molecule has 12 heteroatoms. The lowest BCUT2D eigenvalue weighted by Crippen LogP contribution is -2.47. The zero-order chi connectivity index (χ0) is 27.0. The molecule has 2 N–H and O–H groups in total. The second-order valence-corrected chi connectivity index (χ2v) is 10.7. The quantitative estimate of drug-likeness (QED) is 0.506. The van der Waals surface area contributed by atoms with Gasteiger partial charge in [0.15, 0.2) is 5.65 Å². The molecule has 1 saturated carbocycles. The van der Waals surface area contributed by atoms with Crippen LogP contribution >= 0.6 is 0 Å². The largest absolute Gasteiger partial charge is 0.393 e. The number of hydrogen-bond acceptors (Lipinski definition) is 5. The van der Waals surface area contributed by atoms with Gasteiger partial charge in [0.25, 0.3) is 5.91 Å². The fourth-order valence-electron chi connectivity index (χ4n) is 5.64. The predicted molar refractivity (Wildman–Crippen MR) is 132 cm³/mol. The molecule has 0 radical (unpaired) electrons. The predicted octanol–water partition coefficient (Wildman–Crippen LogP) is 3.62. The zero-order valence-corrected chi connectivity index (χ0v) is 21.4. The number of hydrogen-bond donors (Lipinski definition) is 2. The van der Waals surface area contributed by atoms with E-state index in [-0.39, 0.29) is 43.2 Å². The van der Waals surface area contributed by atoms with Crippen molar-refractivity contribution < 1.29 is 22.8 Å². The molecule has 5 rings (SSSR count). The van der Waals surface area contributed by atoms with Crippen LogP contribution < -0.4 is 10.6 Å². The van der Waals surface area contributed by atoms with Gasteiger partial charge in [0, 0.05) is 32.1 Å². The molecular formula is C26H32F3N7O2. The van der Waals surface area contributed by atoms with Gasteiger partial charge in [-0.2, -0.15) is 23.4 Å². The summed E-state index contributed by atoms with van der Waals surface area (Å²) >= 11 is 0. The molecule has 0 aromatic carbocycles. The standard InChI is InChI=1S/C26H32F3N7O2/c1-15-3-5-16(6-4-15)23(33-25(38)21-9-10-31-35(21)2)20-14-36-22(32-20)8-7-19(34-36)12-17-11-18(26(27,28)29)13-30-24(17)37/h7-10,14-18,23H,3-6,11-13H2,1-2H3,(H,30,37)(H,33,38)/t15?,16?,17?,18-,23+/m1/s1. The van der Waals surface area contributed by atoms with Gasteiger partial charge in [0.2, 0.25) is 5.91 Å². The molecule has 3 aromatic heterocycles. The third-order valence-electron chi connectivity index (χ3n) is 7.97. The smallest absolute Gasteiger partial charge is 0.355 e. The number of halogens is 3. The van der Waals surface area contributed by atoms with E-state index in [2.05, 4.69) is 27.8 Å². The van der Waals surface area contributed by atoms with Crippen LogP contribution in [0.1, 0.15) is 66.9 Å². The summed E-state index contributed by atoms with van der Waals surface area (Å²) in [5.74, 6) is -2.14. The maximum atomic E-state index is 13.2. The molecule has 9 nitrogen and oxygen atoms in total. The van der Waals surface area contributed by atoms with Crippen LogP contribution in [0, 0.1) is 23.7 Å². The molecule has 2 amide bonds. The molecule has 0 spiro atoms. The summed E-state index contributed by atoms with van der Waals surface area (Å²) in [7, 11) is 1.71. The van der Waals surface area contributed by atoms with E-state index in [0.717, 1.165) is 25.7 Å². The third kappa shape index (κ3) is 5.53. The number of aryl methyl sites for hydroxylation is 1. The van der Waals surface area contributed by atoms with E-state index in [0.29, 0.717) is 28.6 Å². The molecule has 3 atom stereocenters. The Morgan fingerprint density at radius 3 is 2.66 bits per heavy atom. The first-order chi connectivity index (χ1) is 18.1. The summed E-state index contributed by atoms with van der Waals surface area (Å²) < 4.78 is 42.8. The number of nitrogens with zero attached hydrogens (tertiary/aromatic N) is 5. The number of rotatable bonds is 6. The van der Waals surface area contributed by atoms with Crippen LogP contribution in [0.2, 0.25) is 0 Å². The Kier molecular flexibility index (Phi) is 7.15. The first-order valence-electron chi connectivity index (χ1n) is 13.1. The van der Waals surface area contributed by atoms with E-state index in [1.807, 2.05) is 0 Å². The summed E-state index contributed by atoms with van der Waals surface area (Å²) in [6, 6.07) is 4.78. The molecule has 1 aliphatic carbocycles. The van der Waals surface area contributed by atoms with Crippen molar-refractivity contribution in [1.29, 1.82) is 0 Å². The van der Waals surface area contributed by atoms with Gasteiger partial charge in [0.05, 0.1) is 29.5 Å². The average molecular weight is 532 g/mol. The molecular weight excluding hydrogens is 499 g/mol. The van der Waals surface area contributed by atoms with E-state index < -0.39 is 18.0 Å². The fraction of sp³-hybridized carbons (Fsp3) is 0.577. The number of alkyl halides is 3. The second kappa shape index (κ2) is 10.4. The molecule has 38 heavy (non-hydrogen) atoms. The Hall–Kier alpha value is -3.44. The molecule has 4 heterocycles. The lowest BCUT2D eigenvalue weighted by Gasteiger charge is -2.32. The summed E-state index contributed by atoms with van der Waals surface area (Å²) in [6.45, 7) is 1.85. The molecule has 3 aromatic rings. The molecule has 1 saturated heterocycles. The molecule has 1 aliphatic heterocycles. The van der Waals surface area contributed by atoms with Crippen molar-refractivity contribution in [3.05, 3.63) is 47.7 Å². The van der Waals surface area contributed by atoms with E-state index in [1.54, 1.807) is 42.2 Å². The number of piperidine rings is 1. The van der Waals surface area contributed by atoms with Crippen LogP contribution in [0.4, 0.5) is 13.2 Å². The van der Waals surface area contributed by atoms with Gasteiger partial charge in [-0.15, -0.1) is 0 Å². The highest BCUT2D eigenvalue weighted by atomic mass is 19.4. The van der Waals surface area contributed by atoms with Crippen LogP contribution in [0.3, 0.4) is 0 Å². The van der Waals surface area contributed by atoms with Crippen molar-refractivity contribution in [2.75, 3.05) is 6.54 Å². The first kappa shape index (κ1) is 26.2. The fourth-order valence-corrected chi connectivity index (χ4v) is 5.64. The molecule has 1 unspecified atom stereocenters. The van der Waals surface area contributed by atoms with Gasteiger partial charge in [-0.25, -0.2) is 9.50 Å². The highest BCUT2D eigenvalue weighted by Crippen LogP contribution is 2.37. The number of carbonyl (C=O) groups is 2. The molecule has 0 bridgehead atoms. The van der Waals surface area contributed by atoms with Crippen LogP contribution in [0.25, 0.3) is 5.65 Å². The summed E-state index contributed by atoms with van der Waals surface area (Å²) in [5, 5.41) is 14.2. The van der Waals surface area contributed by atoms with E-state index in [1.165, 1.54) is 4.68 Å². The average Bonchev–Trinajstić information content (AvgIpc) is 3.49. The van der Waals surface area contributed by atoms with E-state index >= 15 is 0 Å². The van der Waals surface area contributed by atoms with Gasteiger partial charge in [-0.3, -0.25) is 14.3 Å². The van der Waals surface area contributed by atoms with Gasteiger partial charge in [-0.1, -0.05) is 19.8 Å². The second-order valence-electron chi connectivity index (χ2n) is 10.7. The number of imidazole rings is 1. The van der Waals surface area contributed by atoms with Crippen LogP contribution in [0.5, 0.6) is 0 Å². The van der Waals surface area contributed by atoms with Crippen LogP contribution in [-0.4, -0.2) is 48.9 Å². The van der Waals surface area contributed by atoms with Crippen molar-refractivity contribution in [3.63, 3.8) is 0 Å². The van der Waals surface area contributed by atoms with Crippen molar-refractivity contribution in [2.45, 2.75) is 57.7 Å². The van der Waals surface area contributed by atoms with Crippen LogP contribution in [0.15, 0.2) is 30.6 Å². The van der Waals surface area contributed by atoms with Gasteiger partial charge in [0.1, 0.15) is 5.69 Å².